The predicted octanol–water partition coefficient (Wildman–Crippen LogP) is 2.34. The second-order valence-corrected chi connectivity index (χ2v) is 6.54. The molecule has 20 heavy (non-hydrogen) atoms. The number of hydrogen-bond acceptors (Lipinski definition) is 4. The molecule has 1 saturated carbocycles. The lowest BCUT2D eigenvalue weighted by Gasteiger charge is -2.22. The fourth-order valence-corrected chi connectivity index (χ4v) is 3.63. The van der Waals surface area contributed by atoms with Crippen molar-refractivity contribution in [3.05, 3.63) is 34.1 Å². The third-order valence-electron chi connectivity index (χ3n) is 3.35. The first-order valence-corrected chi connectivity index (χ1v) is 7.85. The van der Waals surface area contributed by atoms with Gasteiger partial charge < -0.3 is 0 Å². The highest BCUT2D eigenvalue weighted by Crippen LogP contribution is 2.23. The summed E-state index contributed by atoms with van der Waals surface area (Å²) in [6.45, 7) is 0. The molecule has 0 bridgehead atoms. The van der Waals surface area contributed by atoms with Crippen LogP contribution in [0.1, 0.15) is 32.1 Å². The van der Waals surface area contributed by atoms with Gasteiger partial charge in [-0.3, -0.25) is 10.1 Å². The molecular weight excluding hydrogens is 287 g/mol. The summed E-state index contributed by atoms with van der Waals surface area (Å²) in [4.78, 5) is 9.33. The van der Waals surface area contributed by atoms with E-state index in [0.717, 1.165) is 44.2 Å². The van der Waals surface area contributed by atoms with Crippen LogP contribution in [0, 0.1) is 15.9 Å². The minimum Gasteiger partial charge on any atom is -0.258 e. The molecule has 0 spiro atoms. The third kappa shape index (κ3) is 3.31. The van der Waals surface area contributed by atoms with E-state index < -0.39 is 26.5 Å². The summed E-state index contributed by atoms with van der Waals surface area (Å²) in [5.74, 6) is -1.15. The van der Waals surface area contributed by atoms with Gasteiger partial charge in [-0.2, -0.15) is 4.39 Å². The summed E-state index contributed by atoms with van der Waals surface area (Å²) in [5.41, 5.74) is -0.735. The first-order valence-electron chi connectivity index (χ1n) is 6.36. The van der Waals surface area contributed by atoms with Gasteiger partial charge in [0.2, 0.25) is 15.8 Å². The second kappa shape index (κ2) is 5.84. The molecule has 0 aromatic heterocycles. The van der Waals surface area contributed by atoms with Crippen LogP contribution < -0.4 is 4.72 Å². The molecule has 1 aromatic carbocycles. The van der Waals surface area contributed by atoms with E-state index in [1.54, 1.807) is 0 Å². The van der Waals surface area contributed by atoms with Gasteiger partial charge in [0.05, 0.1) is 9.82 Å². The lowest BCUT2D eigenvalue weighted by atomic mass is 9.96. The minimum atomic E-state index is -3.84. The maximum Gasteiger partial charge on any atom is 0.304 e. The summed E-state index contributed by atoms with van der Waals surface area (Å²) < 4.78 is 40.2. The normalized spacial score (nSPS) is 17.1. The number of rotatable bonds is 4. The van der Waals surface area contributed by atoms with E-state index in [0.29, 0.717) is 6.07 Å². The van der Waals surface area contributed by atoms with Crippen molar-refractivity contribution >= 4 is 15.7 Å². The Bertz CT molecular complexity index is 612. The van der Waals surface area contributed by atoms with Gasteiger partial charge in [0.1, 0.15) is 0 Å². The molecule has 0 saturated heterocycles. The molecule has 8 heteroatoms. The summed E-state index contributed by atoms with van der Waals surface area (Å²) in [6.07, 6.45) is 4.53. The van der Waals surface area contributed by atoms with Crippen molar-refractivity contribution in [2.45, 2.75) is 43.0 Å². The van der Waals surface area contributed by atoms with Crippen molar-refractivity contribution in [1.82, 2.24) is 4.72 Å². The molecule has 0 atom stereocenters. The maximum atomic E-state index is 13.5. The maximum absolute atomic E-state index is 13.5. The average molecular weight is 302 g/mol. The van der Waals surface area contributed by atoms with Crippen molar-refractivity contribution in [3.63, 3.8) is 0 Å². The number of sulfonamides is 1. The molecule has 1 N–H and O–H groups in total. The highest BCUT2D eigenvalue weighted by atomic mass is 32.2. The van der Waals surface area contributed by atoms with Gasteiger partial charge in [-0.15, -0.1) is 0 Å². The molecule has 0 unspecified atom stereocenters. The first kappa shape index (κ1) is 14.9. The Labute approximate surface area is 116 Å². The van der Waals surface area contributed by atoms with Crippen LogP contribution in [0.3, 0.4) is 0 Å². The van der Waals surface area contributed by atoms with Crippen LogP contribution in [0.25, 0.3) is 0 Å². The zero-order valence-corrected chi connectivity index (χ0v) is 11.5. The van der Waals surface area contributed by atoms with Gasteiger partial charge in [0.15, 0.2) is 0 Å². The standard InChI is InChI=1S/C12H15FN2O4S/c13-11-8-10(6-7-12(11)15(16)17)20(18,19)14-9-4-2-1-3-5-9/h6-9,14H,1-5H2. The van der Waals surface area contributed by atoms with Gasteiger partial charge in [0.25, 0.3) is 0 Å². The molecule has 110 valence electrons. The molecular formula is C12H15FN2O4S. The van der Waals surface area contributed by atoms with E-state index in [4.69, 9.17) is 0 Å². The number of benzene rings is 1. The van der Waals surface area contributed by atoms with Crippen molar-refractivity contribution in [2.24, 2.45) is 0 Å². The molecule has 1 aliphatic carbocycles. The summed E-state index contributed by atoms with van der Waals surface area (Å²) in [6, 6.07) is 2.45. The van der Waals surface area contributed by atoms with E-state index in [1.807, 2.05) is 0 Å². The van der Waals surface area contributed by atoms with Crippen molar-refractivity contribution in [2.75, 3.05) is 0 Å². The zero-order chi connectivity index (χ0) is 14.8. The van der Waals surface area contributed by atoms with Crippen LogP contribution in [-0.2, 0) is 10.0 Å². The van der Waals surface area contributed by atoms with Crippen LogP contribution in [0.4, 0.5) is 10.1 Å². The lowest BCUT2D eigenvalue weighted by Crippen LogP contribution is -2.36. The Hall–Kier alpha value is -1.54. The fraction of sp³-hybridized carbons (Fsp3) is 0.500. The Balaban J connectivity index is 2.20. The smallest absolute Gasteiger partial charge is 0.258 e. The highest BCUT2D eigenvalue weighted by Gasteiger charge is 2.24. The molecule has 0 radical (unpaired) electrons. The van der Waals surface area contributed by atoms with Crippen LogP contribution in [0.15, 0.2) is 23.1 Å². The zero-order valence-electron chi connectivity index (χ0n) is 10.7. The second-order valence-electron chi connectivity index (χ2n) is 4.83. The summed E-state index contributed by atoms with van der Waals surface area (Å²) in [7, 11) is -3.84. The minimum absolute atomic E-state index is 0.146. The Morgan fingerprint density at radius 3 is 2.45 bits per heavy atom. The largest absolute Gasteiger partial charge is 0.304 e. The van der Waals surface area contributed by atoms with Gasteiger partial charge in [-0.05, 0) is 18.9 Å². The highest BCUT2D eigenvalue weighted by molar-refractivity contribution is 7.89. The van der Waals surface area contributed by atoms with Crippen LogP contribution >= 0.6 is 0 Å². The van der Waals surface area contributed by atoms with Crippen LogP contribution in [0.5, 0.6) is 0 Å². The van der Waals surface area contributed by atoms with Crippen LogP contribution in [0.2, 0.25) is 0 Å². The number of nitrogens with one attached hydrogen (secondary N) is 1. The molecule has 1 aliphatic rings. The first-order chi connectivity index (χ1) is 9.40. The van der Waals surface area contributed by atoms with E-state index in [1.165, 1.54) is 0 Å². The van der Waals surface area contributed by atoms with E-state index >= 15 is 0 Å². The number of halogens is 1. The molecule has 0 aliphatic heterocycles. The van der Waals surface area contributed by atoms with E-state index in [2.05, 4.69) is 4.72 Å². The number of hydrogen-bond donors (Lipinski definition) is 1. The Morgan fingerprint density at radius 1 is 1.25 bits per heavy atom. The SMILES string of the molecule is O=[N+]([O-])c1ccc(S(=O)(=O)NC2CCCCC2)cc1F. The van der Waals surface area contributed by atoms with E-state index in [-0.39, 0.29) is 10.9 Å². The molecule has 1 fully saturated rings. The predicted molar refractivity (Wildman–Crippen MR) is 70.2 cm³/mol. The van der Waals surface area contributed by atoms with Gasteiger partial charge in [0, 0.05) is 18.2 Å². The van der Waals surface area contributed by atoms with Gasteiger partial charge in [-0.25, -0.2) is 13.1 Å². The molecule has 2 rings (SSSR count). The Kier molecular flexibility index (Phi) is 4.34. The quantitative estimate of drug-likeness (QED) is 0.683. The van der Waals surface area contributed by atoms with Gasteiger partial charge >= 0.3 is 5.69 Å². The Morgan fingerprint density at radius 2 is 1.90 bits per heavy atom. The number of nitro groups is 1. The summed E-state index contributed by atoms with van der Waals surface area (Å²) >= 11 is 0. The monoisotopic (exact) mass is 302 g/mol. The van der Waals surface area contributed by atoms with Gasteiger partial charge in [-0.1, -0.05) is 19.3 Å². The lowest BCUT2D eigenvalue weighted by molar-refractivity contribution is -0.387. The molecule has 0 heterocycles. The molecule has 1 aromatic rings. The van der Waals surface area contributed by atoms with Crippen molar-refractivity contribution < 1.29 is 17.7 Å². The number of nitro benzene ring substituents is 1. The average Bonchev–Trinajstić information content (AvgIpc) is 2.38. The molecule has 0 amide bonds. The fourth-order valence-electron chi connectivity index (χ4n) is 2.31. The summed E-state index contributed by atoms with van der Waals surface area (Å²) in [5, 5.41) is 10.5. The van der Waals surface area contributed by atoms with Crippen LogP contribution in [-0.4, -0.2) is 19.4 Å². The van der Waals surface area contributed by atoms with E-state index in [9.17, 15) is 22.9 Å². The third-order valence-corrected chi connectivity index (χ3v) is 4.87. The van der Waals surface area contributed by atoms with Crippen molar-refractivity contribution in [1.29, 1.82) is 0 Å². The molecule has 6 nitrogen and oxygen atoms in total. The van der Waals surface area contributed by atoms with Crippen molar-refractivity contribution in [3.8, 4) is 0 Å². The number of nitrogens with zero attached hydrogens (tertiary/aromatic N) is 1. The topological polar surface area (TPSA) is 89.3 Å².